The summed E-state index contributed by atoms with van der Waals surface area (Å²) in [6.45, 7) is 13.5. The molecule has 0 spiro atoms. The topological polar surface area (TPSA) is 78.9 Å². The van der Waals surface area contributed by atoms with Crippen LogP contribution in [-0.4, -0.2) is 34.9 Å². The van der Waals surface area contributed by atoms with Crippen molar-refractivity contribution >= 4 is 11.7 Å². The number of oxime groups is 1. The van der Waals surface area contributed by atoms with Crippen LogP contribution < -0.4 is 5.73 Å². The molecule has 3 N–H and O–H groups in total. The second-order valence-electron chi connectivity index (χ2n) is 6.28. The van der Waals surface area contributed by atoms with Gasteiger partial charge in [-0.1, -0.05) is 46.7 Å². The lowest BCUT2D eigenvalue weighted by atomic mass is 9.92. The van der Waals surface area contributed by atoms with Crippen LogP contribution in [0.5, 0.6) is 0 Å². The van der Waals surface area contributed by atoms with Crippen molar-refractivity contribution in [2.24, 2.45) is 34.6 Å². The first-order chi connectivity index (χ1) is 8.70. The maximum absolute atomic E-state index is 12.6. The molecule has 0 aromatic heterocycles. The summed E-state index contributed by atoms with van der Waals surface area (Å²) in [5.41, 5.74) is 5.67. The van der Waals surface area contributed by atoms with Crippen molar-refractivity contribution in [2.75, 3.05) is 13.1 Å². The van der Waals surface area contributed by atoms with Crippen LogP contribution in [0.15, 0.2) is 5.16 Å². The molecule has 0 heterocycles. The predicted molar refractivity (Wildman–Crippen MR) is 78.0 cm³/mol. The van der Waals surface area contributed by atoms with Gasteiger partial charge in [0.05, 0.1) is 0 Å². The number of nitrogens with two attached hydrogens (primary N) is 1. The number of hydrogen-bond donors (Lipinski definition) is 2. The van der Waals surface area contributed by atoms with E-state index in [0.717, 1.165) is 0 Å². The van der Waals surface area contributed by atoms with Crippen LogP contribution in [0.4, 0.5) is 0 Å². The zero-order valence-electron chi connectivity index (χ0n) is 13.1. The highest BCUT2D eigenvalue weighted by molar-refractivity contribution is 6.02. The first kappa shape index (κ1) is 17.7. The van der Waals surface area contributed by atoms with E-state index in [9.17, 15) is 4.79 Å². The first-order valence-corrected chi connectivity index (χ1v) is 6.96. The second-order valence-corrected chi connectivity index (χ2v) is 6.28. The molecule has 0 aromatic rings. The van der Waals surface area contributed by atoms with Crippen molar-refractivity contribution in [1.82, 2.24) is 4.90 Å². The summed E-state index contributed by atoms with van der Waals surface area (Å²) >= 11 is 0. The van der Waals surface area contributed by atoms with E-state index in [-0.39, 0.29) is 17.7 Å². The molecule has 0 saturated heterocycles. The molecule has 0 aromatic carbocycles. The van der Waals surface area contributed by atoms with Gasteiger partial charge in [0.15, 0.2) is 5.84 Å². The van der Waals surface area contributed by atoms with Crippen molar-refractivity contribution in [3.63, 3.8) is 0 Å². The van der Waals surface area contributed by atoms with Crippen LogP contribution in [0.3, 0.4) is 0 Å². The summed E-state index contributed by atoms with van der Waals surface area (Å²) in [4.78, 5) is 14.4. The maximum Gasteiger partial charge on any atom is 0.233 e. The Morgan fingerprint density at radius 2 is 1.53 bits per heavy atom. The minimum Gasteiger partial charge on any atom is -0.409 e. The van der Waals surface area contributed by atoms with Crippen molar-refractivity contribution in [1.29, 1.82) is 0 Å². The van der Waals surface area contributed by atoms with E-state index in [1.54, 1.807) is 0 Å². The van der Waals surface area contributed by atoms with Crippen LogP contribution in [0, 0.1) is 23.7 Å². The highest BCUT2D eigenvalue weighted by Crippen LogP contribution is 2.17. The van der Waals surface area contributed by atoms with Gasteiger partial charge in [-0.05, 0) is 17.8 Å². The number of amidine groups is 1. The Balaban J connectivity index is 5.12. The summed E-state index contributed by atoms with van der Waals surface area (Å²) in [6.07, 6.45) is 0. The zero-order chi connectivity index (χ0) is 15.2. The van der Waals surface area contributed by atoms with Crippen LogP contribution >= 0.6 is 0 Å². The van der Waals surface area contributed by atoms with Crippen molar-refractivity contribution in [2.45, 2.75) is 41.5 Å². The summed E-state index contributed by atoms with van der Waals surface area (Å²) in [5.74, 6) is 0.184. The van der Waals surface area contributed by atoms with Gasteiger partial charge in [0.2, 0.25) is 5.91 Å². The van der Waals surface area contributed by atoms with E-state index in [0.29, 0.717) is 24.9 Å². The fraction of sp³-hybridized carbons (Fsp3) is 0.857. The Kier molecular flexibility index (Phi) is 7.49. The average molecular weight is 271 g/mol. The number of carbonyl (C=O) groups is 1. The number of carbonyl (C=O) groups excluding carboxylic acids is 1. The molecule has 0 aliphatic heterocycles. The molecule has 19 heavy (non-hydrogen) atoms. The predicted octanol–water partition coefficient (Wildman–Crippen LogP) is 2.15. The summed E-state index contributed by atoms with van der Waals surface area (Å²) < 4.78 is 0. The van der Waals surface area contributed by atoms with Gasteiger partial charge in [-0.25, -0.2) is 0 Å². The highest BCUT2D eigenvalue weighted by Gasteiger charge is 2.31. The number of hydrogen-bond acceptors (Lipinski definition) is 3. The molecular formula is C14H29N3O2. The molecule has 1 unspecified atom stereocenters. The van der Waals surface area contributed by atoms with Gasteiger partial charge in [-0.2, -0.15) is 0 Å². The fourth-order valence-electron chi connectivity index (χ4n) is 2.15. The Labute approximate surface area is 116 Å². The molecule has 112 valence electrons. The van der Waals surface area contributed by atoms with Crippen LogP contribution in [0.2, 0.25) is 0 Å². The quantitative estimate of drug-likeness (QED) is 0.322. The lowest BCUT2D eigenvalue weighted by molar-refractivity contribution is -0.135. The molecular weight excluding hydrogens is 242 g/mol. The van der Waals surface area contributed by atoms with Crippen molar-refractivity contribution in [3.05, 3.63) is 0 Å². The SMILES string of the molecule is CC(C)CN(CC(C)C)C(=O)C(C(N)=NO)C(C)C. The Bertz CT molecular complexity index is 302. The maximum atomic E-state index is 12.6. The highest BCUT2D eigenvalue weighted by atomic mass is 16.4. The first-order valence-electron chi connectivity index (χ1n) is 6.96. The normalized spacial score (nSPS) is 14.3. The Morgan fingerprint density at radius 1 is 1.11 bits per heavy atom. The van der Waals surface area contributed by atoms with Gasteiger partial charge in [-0.15, -0.1) is 0 Å². The standard InChI is InChI=1S/C14H29N3O2/c1-9(2)7-17(8-10(3)4)14(18)12(11(5)6)13(15)16-19/h9-12,19H,7-8H2,1-6H3,(H2,15,16). The van der Waals surface area contributed by atoms with E-state index < -0.39 is 5.92 Å². The molecule has 0 radical (unpaired) electrons. The Morgan fingerprint density at radius 3 is 1.79 bits per heavy atom. The van der Waals surface area contributed by atoms with E-state index in [2.05, 4.69) is 32.9 Å². The van der Waals surface area contributed by atoms with Gasteiger partial charge in [0.25, 0.3) is 0 Å². The van der Waals surface area contributed by atoms with Crippen LogP contribution in [-0.2, 0) is 4.79 Å². The third kappa shape index (κ3) is 5.94. The molecule has 0 aliphatic rings. The molecule has 1 amide bonds. The number of amides is 1. The minimum atomic E-state index is -0.553. The van der Waals surface area contributed by atoms with E-state index >= 15 is 0 Å². The molecule has 0 saturated carbocycles. The third-order valence-corrected chi connectivity index (χ3v) is 2.85. The second kappa shape index (κ2) is 8.02. The minimum absolute atomic E-state index is 0.00230. The van der Waals surface area contributed by atoms with E-state index in [4.69, 9.17) is 10.9 Å². The van der Waals surface area contributed by atoms with Gasteiger partial charge in [-0.3, -0.25) is 4.79 Å². The van der Waals surface area contributed by atoms with Gasteiger partial charge in [0, 0.05) is 13.1 Å². The van der Waals surface area contributed by atoms with Crippen molar-refractivity contribution in [3.8, 4) is 0 Å². The van der Waals surface area contributed by atoms with Crippen LogP contribution in [0.25, 0.3) is 0 Å². The molecule has 0 fully saturated rings. The average Bonchev–Trinajstić information content (AvgIpc) is 2.26. The summed E-state index contributed by atoms with van der Waals surface area (Å²) in [5, 5.41) is 11.9. The molecule has 0 rings (SSSR count). The Hall–Kier alpha value is -1.26. The molecule has 0 aliphatic carbocycles. The van der Waals surface area contributed by atoms with E-state index in [1.165, 1.54) is 0 Å². The summed E-state index contributed by atoms with van der Waals surface area (Å²) in [6, 6.07) is 0. The molecule has 0 bridgehead atoms. The van der Waals surface area contributed by atoms with E-state index in [1.807, 2.05) is 18.7 Å². The molecule has 1 atom stereocenters. The van der Waals surface area contributed by atoms with Crippen LogP contribution in [0.1, 0.15) is 41.5 Å². The van der Waals surface area contributed by atoms with Crippen molar-refractivity contribution < 1.29 is 10.0 Å². The van der Waals surface area contributed by atoms with Gasteiger partial charge in [0.1, 0.15) is 5.92 Å². The molecule has 5 heteroatoms. The molecule has 5 nitrogen and oxygen atoms in total. The smallest absolute Gasteiger partial charge is 0.233 e. The number of nitrogens with zero attached hydrogens (tertiary/aromatic N) is 2. The number of rotatable bonds is 7. The monoisotopic (exact) mass is 271 g/mol. The summed E-state index contributed by atoms with van der Waals surface area (Å²) in [7, 11) is 0. The third-order valence-electron chi connectivity index (χ3n) is 2.85. The largest absolute Gasteiger partial charge is 0.409 e. The fourth-order valence-corrected chi connectivity index (χ4v) is 2.15. The van der Waals surface area contributed by atoms with Gasteiger partial charge < -0.3 is 15.8 Å². The lowest BCUT2D eigenvalue weighted by Crippen LogP contribution is -2.46. The van der Waals surface area contributed by atoms with Gasteiger partial charge >= 0.3 is 0 Å². The zero-order valence-corrected chi connectivity index (χ0v) is 13.1. The lowest BCUT2D eigenvalue weighted by Gasteiger charge is -2.31.